The molecule has 0 spiro atoms. The molecule has 2 rings (SSSR count). The smallest absolute Gasteiger partial charge is 0.106 e. The van der Waals surface area contributed by atoms with Crippen LogP contribution in [0, 0.1) is 5.92 Å². The van der Waals surface area contributed by atoms with Crippen LogP contribution in [0.25, 0.3) is 0 Å². The van der Waals surface area contributed by atoms with Gasteiger partial charge in [-0.25, -0.2) is 4.98 Å². The molecule has 0 amide bonds. The lowest BCUT2D eigenvalue weighted by Gasteiger charge is -2.08. The number of halogens is 1. The van der Waals surface area contributed by atoms with E-state index in [1.54, 1.807) is 0 Å². The highest BCUT2D eigenvalue weighted by Gasteiger charge is 2.13. The minimum Gasteiger partial charge on any atom is -0.376 e. The Kier molecular flexibility index (Phi) is 4.11. The number of ether oxygens (including phenoxy) is 1. The van der Waals surface area contributed by atoms with Crippen molar-refractivity contribution in [3.8, 4) is 0 Å². The Morgan fingerprint density at radius 2 is 2.47 bits per heavy atom. The average molecular weight is 271 g/mol. The van der Waals surface area contributed by atoms with Crippen molar-refractivity contribution in [2.75, 3.05) is 19.7 Å². The fraction of sp³-hybridized carbons (Fsp3) is 0.545. The highest BCUT2D eigenvalue weighted by atomic mass is 79.9. The number of pyridine rings is 1. The third-order valence-electron chi connectivity index (χ3n) is 2.57. The Morgan fingerprint density at radius 1 is 1.53 bits per heavy atom. The molecule has 1 saturated heterocycles. The maximum absolute atomic E-state index is 5.65. The topological polar surface area (TPSA) is 34.1 Å². The van der Waals surface area contributed by atoms with Crippen molar-refractivity contribution in [1.29, 1.82) is 0 Å². The van der Waals surface area contributed by atoms with Gasteiger partial charge in [-0.3, -0.25) is 0 Å². The quantitative estimate of drug-likeness (QED) is 0.850. The predicted octanol–water partition coefficient (Wildman–Crippen LogP) is 1.97. The normalized spacial score (nSPS) is 20.7. The first-order chi connectivity index (χ1) is 7.34. The van der Waals surface area contributed by atoms with Gasteiger partial charge in [0.15, 0.2) is 0 Å². The van der Waals surface area contributed by atoms with Crippen LogP contribution in [0.5, 0.6) is 0 Å². The summed E-state index contributed by atoms with van der Waals surface area (Å²) in [5.74, 6) is 0.688. The van der Waals surface area contributed by atoms with Crippen LogP contribution in [0.15, 0.2) is 22.9 Å². The summed E-state index contributed by atoms with van der Waals surface area (Å²) in [5, 5.41) is 3.33. The summed E-state index contributed by atoms with van der Waals surface area (Å²) in [5.41, 5.74) is 1.13. The van der Waals surface area contributed by atoms with E-state index < -0.39 is 0 Å². The van der Waals surface area contributed by atoms with Gasteiger partial charge < -0.3 is 10.1 Å². The molecule has 82 valence electrons. The first-order valence-corrected chi connectivity index (χ1v) is 6.03. The molecule has 0 radical (unpaired) electrons. The molecule has 1 aromatic heterocycles. The first kappa shape index (κ1) is 11.0. The molecule has 3 nitrogen and oxygen atoms in total. The van der Waals surface area contributed by atoms with E-state index >= 15 is 0 Å². The van der Waals surface area contributed by atoms with Gasteiger partial charge in [0.1, 0.15) is 4.60 Å². The fourth-order valence-electron chi connectivity index (χ4n) is 1.69. The van der Waals surface area contributed by atoms with Gasteiger partial charge in [0.25, 0.3) is 0 Å². The van der Waals surface area contributed by atoms with Crippen molar-refractivity contribution in [3.63, 3.8) is 0 Å². The SMILES string of the molecule is Brc1ccc(COC[C@H]2CCNC2)cn1. The Labute approximate surface area is 98.4 Å². The molecular formula is C11H15BrN2O. The minimum absolute atomic E-state index is 0.663. The highest BCUT2D eigenvalue weighted by molar-refractivity contribution is 9.10. The molecule has 0 bridgehead atoms. The molecule has 0 aromatic carbocycles. The molecule has 1 aliphatic rings. The third-order valence-corrected chi connectivity index (χ3v) is 3.04. The fourth-order valence-corrected chi connectivity index (χ4v) is 1.93. The van der Waals surface area contributed by atoms with Gasteiger partial charge in [-0.05, 0) is 46.4 Å². The van der Waals surface area contributed by atoms with Crippen molar-refractivity contribution in [2.45, 2.75) is 13.0 Å². The summed E-state index contributed by atoms with van der Waals surface area (Å²) in [6.45, 7) is 3.74. The standard InChI is InChI=1S/C11H15BrN2O/c12-11-2-1-9(6-14-11)7-15-8-10-3-4-13-5-10/h1-2,6,10,13H,3-5,7-8H2/t10-/m0/s1. The van der Waals surface area contributed by atoms with Gasteiger partial charge in [-0.2, -0.15) is 0 Å². The van der Waals surface area contributed by atoms with Gasteiger partial charge in [-0.15, -0.1) is 0 Å². The summed E-state index contributed by atoms with van der Waals surface area (Å²) in [4.78, 5) is 4.15. The first-order valence-electron chi connectivity index (χ1n) is 5.23. The summed E-state index contributed by atoms with van der Waals surface area (Å²) >= 11 is 3.31. The highest BCUT2D eigenvalue weighted by Crippen LogP contribution is 2.10. The van der Waals surface area contributed by atoms with Crippen LogP contribution in [-0.2, 0) is 11.3 Å². The lowest BCUT2D eigenvalue weighted by Crippen LogP contribution is -2.13. The molecule has 0 unspecified atom stereocenters. The molecule has 1 fully saturated rings. The van der Waals surface area contributed by atoms with Crippen LogP contribution < -0.4 is 5.32 Å². The van der Waals surface area contributed by atoms with Crippen LogP contribution in [0.2, 0.25) is 0 Å². The van der Waals surface area contributed by atoms with E-state index in [9.17, 15) is 0 Å². The van der Waals surface area contributed by atoms with Crippen LogP contribution in [0.4, 0.5) is 0 Å². The zero-order valence-electron chi connectivity index (χ0n) is 8.58. The van der Waals surface area contributed by atoms with Crippen molar-refractivity contribution in [2.24, 2.45) is 5.92 Å². The van der Waals surface area contributed by atoms with Crippen molar-refractivity contribution >= 4 is 15.9 Å². The zero-order valence-corrected chi connectivity index (χ0v) is 10.2. The monoisotopic (exact) mass is 270 g/mol. The second-order valence-corrected chi connectivity index (χ2v) is 4.68. The van der Waals surface area contributed by atoms with Gasteiger partial charge in [0.2, 0.25) is 0 Å². The van der Waals surface area contributed by atoms with E-state index in [1.807, 2.05) is 18.3 Å². The van der Waals surface area contributed by atoms with E-state index in [0.717, 1.165) is 29.9 Å². The summed E-state index contributed by atoms with van der Waals surface area (Å²) in [6, 6.07) is 3.97. The van der Waals surface area contributed by atoms with Gasteiger partial charge >= 0.3 is 0 Å². The molecule has 15 heavy (non-hydrogen) atoms. The molecule has 1 N–H and O–H groups in total. The Hall–Kier alpha value is -0.450. The lowest BCUT2D eigenvalue weighted by atomic mass is 10.1. The van der Waals surface area contributed by atoms with E-state index in [1.165, 1.54) is 6.42 Å². The number of hydrogen-bond donors (Lipinski definition) is 1. The lowest BCUT2D eigenvalue weighted by molar-refractivity contribution is 0.0923. The van der Waals surface area contributed by atoms with Crippen molar-refractivity contribution < 1.29 is 4.74 Å². The van der Waals surface area contributed by atoms with Crippen LogP contribution in [-0.4, -0.2) is 24.7 Å². The minimum atomic E-state index is 0.663. The second-order valence-electron chi connectivity index (χ2n) is 3.86. The zero-order chi connectivity index (χ0) is 10.5. The molecule has 2 heterocycles. The Bertz CT molecular complexity index is 296. The predicted molar refractivity (Wildman–Crippen MR) is 62.6 cm³/mol. The molecule has 4 heteroatoms. The number of nitrogens with one attached hydrogen (secondary N) is 1. The molecule has 1 aliphatic heterocycles. The van der Waals surface area contributed by atoms with Gasteiger partial charge in [0.05, 0.1) is 13.2 Å². The van der Waals surface area contributed by atoms with Gasteiger partial charge in [-0.1, -0.05) is 6.07 Å². The second kappa shape index (κ2) is 5.58. The van der Waals surface area contributed by atoms with Gasteiger partial charge in [0, 0.05) is 12.7 Å². The van der Waals surface area contributed by atoms with Crippen molar-refractivity contribution in [3.05, 3.63) is 28.5 Å². The number of aromatic nitrogens is 1. The van der Waals surface area contributed by atoms with E-state index in [4.69, 9.17) is 4.74 Å². The van der Waals surface area contributed by atoms with Crippen LogP contribution >= 0.6 is 15.9 Å². The number of nitrogens with zero attached hydrogens (tertiary/aromatic N) is 1. The third kappa shape index (κ3) is 3.55. The molecule has 0 saturated carbocycles. The summed E-state index contributed by atoms with van der Waals surface area (Å²) in [6.07, 6.45) is 3.08. The van der Waals surface area contributed by atoms with E-state index in [2.05, 4.69) is 26.2 Å². The molecule has 1 atom stereocenters. The summed E-state index contributed by atoms with van der Waals surface area (Å²) in [7, 11) is 0. The summed E-state index contributed by atoms with van der Waals surface area (Å²) < 4.78 is 6.52. The maximum atomic E-state index is 5.65. The Balaban J connectivity index is 1.71. The van der Waals surface area contributed by atoms with E-state index in [0.29, 0.717) is 12.5 Å². The van der Waals surface area contributed by atoms with E-state index in [-0.39, 0.29) is 0 Å². The molecule has 0 aliphatic carbocycles. The van der Waals surface area contributed by atoms with Crippen molar-refractivity contribution in [1.82, 2.24) is 10.3 Å². The molecular weight excluding hydrogens is 256 g/mol. The van der Waals surface area contributed by atoms with Crippen LogP contribution in [0.1, 0.15) is 12.0 Å². The molecule has 1 aromatic rings. The number of hydrogen-bond acceptors (Lipinski definition) is 3. The average Bonchev–Trinajstić information content (AvgIpc) is 2.74. The Morgan fingerprint density at radius 3 is 3.13 bits per heavy atom. The van der Waals surface area contributed by atoms with Crippen LogP contribution in [0.3, 0.4) is 0 Å². The number of rotatable bonds is 4. The maximum Gasteiger partial charge on any atom is 0.106 e. The largest absolute Gasteiger partial charge is 0.376 e.